The number of aromatic amines is 1. The topological polar surface area (TPSA) is 90.2 Å². The van der Waals surface area contributed by atoms with Crippen molar-refractivity contribution in [1.29, 1.82) is 0 Å². The maximum Gasteiger partial charge on any atom is 0.326 e. The van der Waals surface area contributed by atoms with Crippen LogP contribution in [0.2, 0.25) is 0 Å². The Morgan fingerprint density at radius 2 is 2.29 bits per heavy atom. The maximum absolute atomic E-state index is 11.8. The molecule has 1 N–H and O–H groups in total. The number of ether oxygens (including phenoxy) is 1. The van der Waals surface area contributed by atoms with Crippen LogP contribution < -0.4 is 0 Å². The van der Waals surface area contributed by atoms with Crippen molar-refractivity contribution in [2.24, 2.45) is 0 Å². The summed E-state index contributed by atoms with van der Waals surface area (Å²) in [7, 11) is 0. The first-order valence-corrected chi connectivity index (χ1v) is 6.89. The van der Waals surface area contributed by atoms with Crippen molar-refractivity contribution in [2.75, 3.05) is 0 Å². The zero-order valence-corrected chi connectivity index (χ0v) is 12.5. The molecule has 112 valence electrons. The summed E-state index contributed by atoms with van der Waals surface area (Å²) in [6, 6.07) is 4.33. The number of benzene rings is 1. The van der Waals surface area contributed by atoms with Crippen LogP contribution in [0.1, 0.15) is 20.3 Å². The molecule has 0 aliphatic carbocycles. The second kappa shape index (κ2) is 6.04. The molecule has 0 fully saturated rings. The quantitative estimate of drug-likeness (QED) is 0.397. The van der Waals surface area contributed by atoms with Crippen LogP contribution in [0.4, 0.5) is 5.69 Å². The van der Waals surface area contributed by atoms with E-state index in [1.807, 2.05) is 13.8 Å². The molecule has 0 aliphatic rings. The first-order valence-electron chi connectivity index (χ1n) is 6.48. The maximum atomic E-state index is 11.8. The Bertz CT molecular complexity index is 749. The molecule has 21 heavy (non-hydrogen) atoms. The number of nitro benzene ring substituents is 1. The standard InChI is InChI=1S/C13H15N3O4S/c1-3-8(2)20-12(17)7-15-11-5-4-9(16(18)19)6-10(11)14-13(15)21/h4-6,8H,3,7H2,1-2H3,(H,14,21). The SMILES string of the molecule is CCC(C)OC(=O)Cn1c(=S)[nH]c2cc([N+](=O)[O-])ccc21. The lowest BCUT2D eigenvalue weighted by molar-refractivity contribution is -0.384. The first-order chi connectivity index (χ1) is 9.92. The lowest BCUT2D eigenvalue weighted by Gasteiger charge is -2.11. The highest BCUT2D eigenvalue weighted by Gasteiger charge is 2.14. The molecule has 1 heterocycles. The summed E-state index contributed by atoms with van der Waals surface area (Å²) in [6.45, 7) is 3.71. The molecule has 0 amide bonds. The fraction of sp³-hybridized carbons (Fsp3) is 0.385. The number of rotatable bonds is 5. The second-order valence-electron chi connectivity index (χ2n) is 4.68. The van der Waals surface area contributed by atoms with Crippen molar-refractivity contribution >= 4 is 34.9 Å². The molecule has 8 heteroatoms. The van der Waals surface area contributed by atoms with Crippen LogP contribution in [-0.2, 0) is 16.1 Å². The molecule has 0 aliphatic heterocycles. The van der Waals surface area contributed by atoms with Gasteiger partial charge in [-0.05, 0) is 31.6 Å². The highest BCUT2D eigenvalue weighted by molar-refractivity contribution is 7.71. The zero-order chi connectivity index (χ0) is 15.6. The number of nitrogens with zero attached hydrogens (tertiary/aromatic N) is 2. The van der Waals surface area contributed by atoms with Crippen LogP contribution in [0.5, 0.6) is 0 Å². The van der Waals surface area contributed by atoms with Crippen LogP contribution >= 0.6 is 12.2 Å². The lowest BCUT2D eigenvalue weighted by atomic mass is 10.3. The van der Waals surface area contributed by atoms with Gasteiger partial charge in [0.15, 0.2) is 4.77 Å². The molecule has 7 nitrogen and oxygen atoms in total. The van der Waals surface area contributed by atoms with Gasteiger partial charge >= 0.3 is 5.97 Å². The minimum absolute atomic E-state index is 0.0268. The molecule has 1 aromatic heterocycles. The fourth-order valence-electron chi connectivity index (χ4n) is 1.90. The zero-order valence-electron chi connectivity index (χ0n) is 11.7. The van der Waals surface area contributed by atoms with Gasteiger partial charge in [0.1, 0.15) is 6.54 Å². The largest absolute Gasteiger partial charge is 0.461 e. The highest BCUT2D eigenvalue weighted by atomic mass is 32.1. The number of carbonyl (C=O) groups is 1. The van der Waals surface area contributed by atoms with Gasteiger partial charge in [0, 0.05) is 12.1 Å². The van der Waals surface area contributed by atoms with E-state index in [1.54, 1.807) is 10.6 Å². The smallest absolute Gasteiger partial charge is 0.326 e. The predicted molar refractivity (Wildman–Crippen MR) is 79.6 cm³/mol. The third-order valence-corrected chi connectivity index (χ3v) is 3.49. The van der Waals surface area contributed by atoms with E-state index < -0.39 is 4.92 Å². The highest BCUT2D eigenvalue weighted by Crippen LogP contribution is 2.20. The summed E-state index contributed by atoms with van der Waals surface area (Å²) in [5, 5.41) is 10.8. The minimum atomic E-state index is -0.481. The first kappa shape index (κ1) is 15.2. The van der Waals surface area contributed by atoms with Crippen molar-refractivity contribution < 1.29 is 14.5 Å². The Morgan fingerprint density at radius 3 is 2.90 bits per heavy atom. The molecule has 0 saturated heterocycles. The average molecular weight is 309 g/mol. The summed E-state index contributed by atoms with van der Waals surface area (Å²) in [4.78, 5) is 25.0. The Morgan fingerprint density at radius 1 is 1.57 bits per heavy atom. The molecule has 2 aromatic rings. The monoisotopic (exact) mass is 309 g/mol. The van der Waals surface area contributed by atoms with E-state index in [0.29, 0.717) is 15.8 Å². The third-order valence-electron chi connectivity index (χ3n) is 3.16. The number of nitrogens with one attached hydrogen (secondary N) is 1. The molecule has 2 rings (SSSR count). The molecule has 0 radical (unpaired) electrons. The molecule has 0 bridgehead atoms. The molecular formula is C13H15N3O4S. The van der Waals surface area contributed by atoms with E-state index >= 15 is 0 Å². The van der Waals surface area contributed by atoms with Crippen molar-refractivity contribution in [2.45, 2.75) is 32.9 Å². The summed E-state index contributed by atoms with van der Waals surface area (Å²) < 4.78 is 7.10. The van der Waals surface area contributed by atoms with Gasteiger partial charge in [0.25, 0.3) is 5.69 Å². The third kappa shape index (κ3) is 3.27. The number of fused-ring (bicyclic) bond motifs is 1. The van der Waals surface area contributed by atoms with E-state index in [4.69, 9.17) is 17.0 Å². The summed E-state index contributed by atoms with van der Waals surface area (Å²) in [5.41, 5.74) is 1.12. The van der Waals surface area contributed by atoms with Crippen LogP contribution in [0.3, 0.4) is 0 Å². The van der Waals surface area contributed by atoms with Crippen molar-refractivity contribution in [1.82, 2.24) is 9.55 Å². The number of aromatic nitrogens is 2. The Balaban J connectivity index is 2.32. The Hall–Kier alpha value is -2.22. The molecule has 1 aromatic carbocycles. The number of esters is 1. The van der Waals surface area contributed by atoms with Gasteiger partial charge in [-0.3, -0.25) is 14.9 Å². The number of nitro groups is 1. The number of hydrogen-bond donors (Lipinski definition) is 1. The van der Waals surface area contributed by atoms with E-state index in [9.17, 15) is 14.9 Å². The van der Waals surface area contributed by atoms with Gasteiger partial charge in [-0.25, -0.2) is 0 Å². The number of carbonyl (C=O) groups excluding carboxylic acids is 1. The number of hydrogen-bond acceptors (Lipinski definition) is 5. The van der Waals surface area contributed by atoms with E-state index in [1.165, 1.54) is 12.1 Å². The number of H-pyrrole nitrogens is 1. The van der Waals surface area contributed by atoms with Gasteiger partial charge in [0.05, 0.1) is 22.1 Å². The summed E-state index contributed by atoms with van der Waals surface area (Å²) in [5.74, 6) is -0.389. The molecule has 0 saturated carbocycles. The number of non-ortho nitro benzene ring substituents is 1. The summed E-state index contributed by atoms with van der Waals surface area (Å²) >= 11 is 5.15. The molecule has 1 atom stereocenters. The van der Waals surface area contributed by atoms with Crippen LogP contribution in [0.15, 0.2) is 18.2 Å². The molecule has 0 spiro atoms. The predicted octanol–water partition coefficient (Wildman–Crippen LogP) is 2.95. The Labute approximate surface area is 125 Å². The van der Waals surface area contributed by atoms with Crippen LogP contribution in [0.25, 0.3) is 11.0 Å². The van der Waals surface area contributed by atoms with Gasteiger partial charge in [-0.15, -0.1) is 0 Å². The van der Waals surface area contributed by atoms with Gasteiger partial charge in [0.2, 0.25) is 0 Å². The molecule has 1 unspecified atom stereocenters. The van der Waals surface area contributed by atoms with Crippen LogP contribution in [-0.4, -0.2) is 26.5 Å². The van der Waals surface area contributed by atoms with Crippen molar-refractivity contribution in [3.63, 3.8) is 0 Å². The lowest BCUT2D eigenvalue weighted by Crippen LogP contribution is -2.19. The summed E-state index contributed by atoms with van der Waals surface area (Å²) in [6.07, 6.45) is 0.579. The van der Waals surface area contributed by atoms with E-state index in [2.05, 4.69) is 4.98 Å². The van der Waals surface area contributed by atoms with E-state index in [-0.39, 0.29) is 24.3 Å². The molecular weight excluding hydrogens is 294 g/mol. The normalized spacial score (nSPS) is 12.3. The minimum Gasteiger partial charge on any atom is -0.461 e. The van der Waals surface area contributed by atoms with Crippen molar-refractivity contribution in [3.8, 4) is 0 Å². The van der Waals surface area contributed by atoms with E-state index in [0.717, 1.165) is 6.42 Å². The van der Waals surface area contributed by atoms with Gasteiger partial charge in [-0.1, -0.05) is 6.92 Å². The fourth-order valence-corrected chi connectivity index (χ4v) is 2.17. The van der Waals surface area contributed by atoms with Gasteiger partial charge in [-0.2, -0.15) is 0 Å². The Kier molecular flexibility index (Phi) is 4.37. The van der Waals surface area contributed by atoms with Crippen LogP contribution in [0, 0.1) is 14.9 Å². The van der Waals surface area contributed by atoms with Gasteiger partial charge < -0.3 is 14.3 Å². The number of imidazole rings is 1. The average Bonchev–Trinajstić information content (AvgIpc) is 2.74. The second-order valence-corrected chi connectivity index (χ2v) is 5.07. The van der Waals surface area contributed by atoms with Crippen molar-refractivity contribution in [3.05, 3.63) is 33.1 Å².